The largest absolute Gasteiger partial charge is 0.445 e. The molecule has 2 aliphatic heterocycles. The number of carbonyl (C=O) groups excluding carboxylic acids is 1. The van der Waals surface area contributed by atoms with Crippen molar-refractivity contribution in [3.63, 3.8) is 0 Å². The lowest BCUT2D eigenvalue weighted by atomic mass is 9.75. The SMILES string of the molecule is Cl.O=C(OCc1ccccc1)N1CC(F)(F)[C@@]12CCCNC2. The number of carbonyl (C=O) groups is 1. The van der Waals surface area contributed by atoms with Crippen LogP contribution in [0.5, 0.6) is 0 Å². The Morgan fingerprint density at radius 3 is 2.64 bits per heavy atom. The Bertz CT molecular complexity index is 522. The van der Waals surface area contributed by atoms with Gasteiger partial charge in [0.15, 0.2) is 0 Å². The van der Waals surface area contributed by atoms with Crippen molar-refractivity contribution in [3.05, 3.63) is 35.9 Å². The maximum Gasteiger partial charge on any atom is 0.411 e. The van der Waals surface area contributed by atoms with Crippen LogP contribution < -0.4 is 5.32 Å². The zero-order valence-corrected chi connectivity index (χ0v) is 12.9. The second kappa shape index (κ2) is 6.38. The lowest BCUT2D eigenvalue weighted by Crippen LogP contribution is -2.80. The van der Waals surface area contributed by atoms with Crippen LogP contribution in [0.3, 0.4) is 0 Å². The molecule has 7 heteroatoms. The van der Waals surface area contributed by atoms with E-state index in [-0.39, 0.29) is 25.6 Å². The molecule has 122 valence electrons. The number of hydrogen-bond donors (Lipinski definition) is 1. The molecule has 0 aliphatic carbocycles. The van der Waals surface area contributed by atoms with Gasteiger partial charge in [-0.2, -0.15) is 0 Å². The van der Waals surface area contributed by atoms with Crippen molar-refractivity contribution in [1.82, 2.24) is 10.2 Å². The number of halogens is 3. The first kappa shape index (κ1) is 17.0. The molecule has 4 nitrogen and oxygen atoms in total. The number of likely N-dealkylation sites (tertiary alicyclic amines) is 1. The van der Waals surface area contributed by atoms with E-state index in [0.717, 1.165) is 5.56 Å². The van der Waals surface area contributed by atoms with Crippen LogP contribution in [0.15, 0.2) is 30.3 Å². The molecule has 1 spiro atoms. The van der Waals surface area contributed by atoms with Gasteiger partial charge < -0.3 is 10.1 Å². The Kier molecular flexibility index (Phi) is 4.92. The van der Waals surface area contributed by atoms with Gasteiger partial charge in [-0.05, 0) is 24.9 Å². The van der Waals surface area contributed by atoms with Crippen LogP contribution in [-0.4, -0.2) is 42.1 Å². The Labute approximate surface area is 134 Å². The highest BCUT2D eigenvalue weighted by molar-refractivity contribution is 5.85. The fourth-order valence-electron chi connectivity index (χ4n) is 3.07. The van der Waals surface area contributed by atoms with Gasteiger partial charge in [0.05, 0.1) is 6.54 Å². The van der Waals surface area contributed by atoms with Gasteiger partial charge in [-0.3, -0.25) is 4.90 Å². The quantitative estimate of drug-likeness (QED) is 0.905. The number of nitrogens with zero attached hydrogens (tertiary/aromatic N) is 1. The second-order valence-corrected chi connectivity index (χ2v) is 5.64. The van der Waals surface area contributed by atoms with E-state index in [0.29, 0.717) is 19.4 Å². The third-order valence-electron chi connectivity index (χ3n) is 4.34. The molecule has 22 heavy (non-hydrogen) atoms. The van der Waals surface area contributed by atoms with Gasteiger partial charge in [0.2, 0.25) is 0 Å². The van der Waals surface area contributed by atoms with Crippen LogP contribution in [0, 0.1) is 0 Å². The monoisotopic (exact) mass is 332 g/mol. The number of piperidine rings is 1. The smallest absolute Gasteiger partial charge is 0.411 e. The van der Waals surface area contributed by atoms with Crippen molar-refractivity contribution in [2.24, 2.45) is 0 Å². The van der Waals surface area contributed by atoms with Crippen molar-refractivity contribution in [1.29, 1.82) is 0 Å². The number of ether oxygens (including phenoxy) is 1. The lowest BCUT2D eigenvalue weighted by Gasteiger charge is -2.58. The van der Waals surface area contributed by atoms with Crippen molar-refractivity contribution in [3.8, 4) is 0 Å². The summed E-state index contributed by atoms with van der Waals surface area (Å²) in [6, 6.07) is 9.21. The van der Waals surface area contributed by atoms with E-state index in [4.69, 9.17) is 4.74 Å². The van der Waals surface area contributed by atoms with E-state index in [1.54, 1.807) is 0 Å². The predicted octanol–water partition coefficient (Wildman–Crippen LogP) is 2.82. The summed E-state index contributed by atoms with van der Waals surface area (Å²) >= 11 is 0. The molecule has 0 saturated carbocycles. The molecular formula is C15H19ClF2N2O2. The summed E-state index contributed by atoms with van der Waals surface area (Å²) in [6.07, 6.45) is 0.291. The predicted molar refractivity (Wildman–Crippen MR) is 80.4 cm³/mol. The molecular weight excluding hydrogens is 314 g/mol. The number of nitrogens with one attached hydrogen (secondary N) is 1. The Morgan fingerprint density at radius 2 is 2.05 bits per heavy atom. The lowest BCUT2D eigenvalue weighted by molar-refractivity contribution is -0.236. The fraction of sp³-hybridized carbons (Fsp3) is 0.533. The van der Waals surface area contributed by atoms with E-state index in [2.05, 4.69) is 5.32 Å². The molecule has 1 aromatic carbocycles. The van der Waals surface area contributed by atoms with Gasteiger partial charge in [0.25, 0.3) is 5.92 Å². The molecule has 2 fully saturated rings. The fourth-order valence-corrected chi connectivity index (χ4v) is 3.07. The van der Waals surface area contributed by atoms with Crippen LogP contribution in [0.2, 0.25) is 0 Å². The van der Waals surface area contributed by atoms with Crippen LogP contribution in [0.25, 0.3) is 0 Å². The Balaban J connectivity index is 0.00000176. The molecule has 1 amide bonds. The highest BCUT2D eigenvalue weighted by Gasteiger charge is 2.69. The second-order valence-electron chi connectivity index (χ2n) is 5.64. The highest BCUT2D eigenvalue weighted by Crippen LogP contribution is 2.48. The minimum Gasteiger partial charge on any atom is -0.445 e. The first-order valence-corrected chi connectivity index (χ1v) is 7.12. The van der Waals surface area contributed by atoms with E-state index in [1.807, 2.05) is 30.3 Å². The molecule has 1 N–H and O–H groups in total. The summed E-state index contributed by atoms with van der Waals surface area (Å²) in [5.74, 6) is -2.84. The van der Waals surface area contributed by atoms with Crippen LogP contribution in [0.1, 0.15) is 18.4 Å². The molecule has 1 aromatic rings. The molecule has 0 radical (unpaired) electrons. The number of amides is 1. The first-order valence-electron chi connectivity index (χ1n) is 7.12. The van der Waals surface area contributed by atoms with Gasteiger partial charge in [-0.15, -0.1) is 12.4 Å². The van der Waals surface area contributed by atoms with Crippen molar-refractivity contribution in [2.75, 3.05) is 19.6 Å². The van der Waals surface area contributed by atoms with E-state index in [9.17, 15) is 13.6 Å². The summed E-state index contributed by atoms with van der Waals surface area (Å²) in [6.45, 7) is 0.388. The summed E-state index contributed by atoms with van der Waals surface area (Å²) < 4.78 is 33.1. The number of hydrogen-bond acceptors (Lipinski definition) is 3. The first-order chi connectivity index (χ1) is 10.1. The Hall–Kier alpha value is -1.40. The van der Waals surface area contributed by atoms with E-state index < -0.39 is 24.1 Å². The highest BCUT2D eigenvalue weighted by atomic mass is 35.5. The zero-order valence-electron chi connectivity index (χ0n) is 12.1. The van der Waals surface area contributed by atoms with Crippen molar-refractivity contribution >= 4 is 18.5 Å². The van der Waals surface area contributed by atoms with Gasteiger partial charge in [0.1, 0.15) is 12.1 Å². The minimum absolute atomic E-state index is 0. The standard InChI is InChI=1S/C15H18F2N2O2.ClH/c16-15(17)11-19(14(15)7-4-8-18-10-14)13(20)21-9-12-5-2-1-3-6-12;/h1-3,5-6,18H,4,7-11H2;1H/t14-;/m0./s1. The summed E-state index contributed by atoms with van der Waals surface area (Å²) in [5, 5.41) is 2.96. The number of alkyl halides is 2. The van der Waals surface area contributed by atoms with Crippen LogP contribution in [0.4, 0.5) is 13.6 Å². The van der Waals surface area contributed by atoms with Crippen molar-refractivity contribution < 1.29 is 18.3 Å². The molecule has 2 heterocycles. The third kappa shape index (κ3) is 2.77. The molecule has 0 unspecified atom stereocenters. The molecule has 3 rings (SSSR count). The van der Waals surface area contributed by atoms with Crippen molar-refractivity contribution in [2.45, 2.75) is 30.9 Å². The van der Waals surface area contributed by atoms with Gasteiger partial charge in [0, 0.05) is 6.54 Å². The minimum atomic E-state index is -2.84. The summed E-state index contributed by atoms with van der Waals surface area (Å²) in [5.41, 5.74) is -0.562. The number of rotatable bonds is 2. The van der Waals surface area contributed by atoms with E-state index >= 15 is 0 Å². The average molecular weight is 333 g/mol. The summed E-state index contributed by atoms with van der Waals surface area (Å²) in [4.78, 5) is 13.3. The van der Waals surface area contributed by atoms with Crippen LogP contribution >= 0.6 is 12.4 Å². The molecule has 0 bridgehead atoms. The number of benzene rings is 1. The molecule has 1 atom stereocenters. The molecule has 2 saturated heterocycles. The van der Waals surface area contributed by atoms with Crippen LogP contribution in [-0.2, 0) is 11.3 Å². The molecule has 2 aliphatic rings. The zero-order chi connectivity index (χ0) is 14.9. The maximum absolute atomic E-state index is 14.0. The van der Waals surface area contributed by atoms with E-state index in [1.165, 1.54) is 4.90 Å². The maximum atomic E-state index is 14.0. The average Bonchev–Trinajstić information content (AvgIpc) is 2.52. The summed E-state index contributed by atoms with van der Waals surface area (Å²) in [7, 11) is 0. The third-order valence-corrected chi connectivity index (χ3v) is 4.34. The van der Waals surface area contributed by atoms with Gasteiger partial charge in [-0.1, -0.05) is 30.3 Å². The van der Waals surface area contributed by atoms with Gasteiger partial charge >= 0.3 is 6.09 Å². The topological polar surface area (TPSA) is 41.6 Å². The van der Waals surface area contributed by atoms with Gasteiger partial charge in [-0.25, -0.2) is 13.6 Å². The Morgan fingerprint density at radius 1 is 1.32 bits per heavy atom. The molecule has 0 aromatic heterocycles. The normalized spacial score (nSPS) is 26.0.